The summed E-state index contributed by atoms with van der Waals surface area (Å²) >= 11 is 0. The van der Waals surface area contributed by atoms with Crippen molar-refractivity contribution >= 4 is 46.4 Å². The van der Waals surface area contributed by atoms with Crippen LogP contribution in [0.3, 0.4) is 0 Å². The molecule has 4 aromatic rings. The van der Waals surface area contributed by atoms with Gasteiger partial charge in [-0.15, -0.1) is 0 Å². The molecule has 1 atom stereocenters. The summed E-state index contributed by atoms with van der Waals surface area (Å²) in [6.45, 7) is 2.94. The molecule has 44 heavy (non-hydrogen) atoms. The number of anilines is 3. The Morgan fingerprint density at radius 2 is 1.80 bits per heavy atom. The molecule has 6 rings (SSSR count). The van der Waals surface area contributed by atoms with Crippen molar-refractivity contribution in [2.45, 2.75) is 5.92 Å². The highest BCUT2D eigenvalue weighted by Crippen LogP contribution is 2.33. The van der Waals surface area contributed by atoms with Gasteiger partial charge in [0.2, 0.25) is 0 Å². The van der Waals surface area contributed by atoms with Crippen LogP contribution >= 0.6 is 0 Å². The Kier molecular flexibility index (Phi) is 8.03. The zero-order valence-corrected chi connectivity index (χ0v) is 24.6. The van der Waals surface area contributed by atoms with E-state index in [1.165, 1.54) is 11.0 Å². The first-order valence-electron chi connectivity index (χ1n) is 14.2. The molecule has 4 heterocycles. The molecule has 0 bridgehead atoms. The fourth-order valence-electron chi connectivity index (χ4n) is 5.16. The number of amides is 3. The number of urea groups is 1. The number of aromatic nitrogens is 3. The minimum absolute atomic E-state index is 0.124. The zero-order chi connectivity index (χ0) is 30.8. The van der Waals surface area contributed by atoms with E-state index in [2.05, 4.69) is 25.6 Å². The van der Waals surface area contributed by atoms with Gasteiger partial charge < -0.3 is 19.9 Å². The van der Waals surface area contributed by atoms with E-state index in [1.54, 1.807) is 74.0 Å². The number of halogens is 1. The summed E-state index contributed by atoms with van der Waals surface area (Å²) in [6.07, 6.45) is 3.34. The number of fused-ring (bicyclic) bond motifs is 1. The van der Waals surface area contributed by atoms with Crippen LogP contribution in [0.2, 0.25) is 0 Å². The van der Waals surface area contributed by atoms with Crippen molar-refractivity contribution in [1.82, 2.24) is 24.9 Å². The minimum Gasteiger partial charge on any atom is -0.378 e. The van der Waals surface area contributed by atoms with Crippen LogP contribution in [0.1, 0.15) is 21.8 Å². The van der Waals surface area contributed by atoms with Crippen LogP contribution < -0.4 is 15.5 Å². The molecule has 2 aliphatic rings. The maximum Gasteiger partial charge on any atom is 0.324 e. The highest BCUT2D eigenvalue weighted by molar-refractivity contribution is 6.00. The van der Waals surface area contributed by atoms with Crippen molar-refractivity contribution in [2.24, 2.45) is 5.10 Å². The second kappa shape index (κ2) is 12.2. The van der Waals surface area contributed by atoms with E-state index in [0.717, 1.165) is 0 Å². The van der Waals surface area contributed by atoms with E-state index >= 15 is 4.39 Å². The third-order valence-electron chi connectivity index (χ3n) is 7.47. The number of ether oxygens (including phenoxy) is 1. The molecule has 2 aliphatic heterocycles. The number of rotatable bonds is 6. The van der Waals surface area contributed by atoms with Gasteiger partial charge in [-0.25, -0.2) is 24.1 Å². The molecule has 2 N–H and O–H groups in total. The molecular weight excluding hydrogens is 565 g/mol. The van der Waals surface area contributed by atoms with E-state index in [4.69, 9.17) is 14.7 Å². The molecule has 226 valence electrons. The van der Waals surface area contributed by atoms with Crippen molar-refractivity contribution in [2.75, 3.05) is 69.5 Å². The number of benzene rings is 2. The van der Waals surface area contributed by atoms with Gasteiger partial charge in [0.25, 0.3) is 5.91 Å². The van der Waals surface area contributed by atoms with Crippen molar-refractivity contribution < 1.29 is 18.7 Å². The summed E-state index contributed by atoms with van der Waals surface area (Å²) < 4.78 is 20.9. The average molecular weight is 598 g/mol. The molecule has 1 fully saturated rings. The predicted molar refractivity (Wildman–Crippen MR) is 167 cm³/mol. The van der Waals surface area contributed by atoms with E-state index in [-0.39, 0.29) is 17.6 Å². The number of nitrogens with one attached hydrogen (secondary N) is 2. The van der Waals surface area contributed by atoms with Gasteiger partial charge in [-0.1, -0.05) is 0 Å². The fourth-order valence-corrected chi connectivity index (χ4v) is 5.16. The quantitative estimate of drug-likeness (QED) is 0.341. The summed E-state index contributed by atoms with van der Waals surface area (Å²) in [5.74, 6) is 0.783. The van der Waals surface area contributed by atoms with Gasteiger partial charge >= 0.3 is 6.03 Å². The standard InChI is InChI=1S/C31H32FN9O3/c1-39(2)30(42)19-4-7-22(8-5-19)35-31(43)37-27-9-6-20(16-33-27)28-36-26-15-23(21-17-34-40(3)18-21)25(32)14-24(26)29(38-28)41-10-12-44-13-11-41/h4-9,14-17,21H,10-13,18H2,1-3H3,(H2,33,35,37,43). The molecule has 0 saturated carbocycles. The van der Waals surface area contributed by atoms with Gasteiger partial charge in [0.05, 0.1) is 18.7 Å². The highest BCUT2D eigenvalue weighted by Gasteiger charge is 2.24. The number of likely N-dealkylation sites (N-methyl/N-ethyl adjacent to an activating group) is 1. The van der Waals surface area contributed by atoms with Gasteiger partial charge in [-0.05, 0) is 48.5 Å². The van der Waals surface area contributed by atoms with Gasteiger partial charge in [-0.2, -0.15) is 5.10 Å². The lowest BCUT2D eigenvalue weighted by molar-refractivity contribution is 0.0827. The van der Waals surface area contributed by atoms with Crippen LogP contribution in [-0.4, -0.2) is 97.0 Å². The first-order valence-corrected chi connectivity index (χ1v) is 14.2. The van der Waals surface area contributed by atoms with Gasteiger partial charge in [0.1, 0.15) is 17.5 Å². The third kappa shape index (κ3) is 6.13. The Morgan fingerprint density at radius 3 is 2.45 bits per heavy atom. The smallest absolute Gasteiger partial charge is 0.324 e. The molecule has 2 aromatic heterocycles. The van der Waals surface area contributed by atoms with Crippen LogP contribution in [0.5, 0.6) is 0 Å². The Balaban J connectivity index is 1.24. The number of hydrazone groups is 1. The number of carbonyl (C=O) groups excluding carboxylic acids is 2. The molecule has 0 radical (unpaired) electrons. The fraction of sp³-hybridized carbons (Fsp3) is 0.290. The Labute approximate surface area is 253 Å². The van der Waals surface area contributed by atoms with Gasteiger partial charge in [0.15, 0.2) is 5.82 Å². The molecule has 3 amide bonds. The molecule has 0 aliphatic carbocycles. The van der Waals surface area contributed by atoms with Gasteiger partial charge in [-0.3, -0.25) is 15.1 Å². The average Bonchev–Trinajstić information content (AvgIpc) is 3.46. The minimum atomic E-state index is -0.482. The lowest BCUT2D eigenvalue weighted by atomic mass is 9.98. The normalized spacial score (nSPS) is 16.3. The maximum absolute atomic E-state index is 15.4. The predicted octanol–water partition coefficient (Wildman–Crippen LogP) is 4.03. The van der Waals surface area contributed by atoms with Crippen molar-refractivity contribution in [3.05, 3.63) is 71.7 Å². The summed E-state index contributed by atoms with van der Waals surface area (Å²) in [4.78, 5) is 42.3. The number of hydrogen-bond donors (Lipinski definition) is 2. The number of carbonyl (C=O) groups is 2. The van der Waals surface area contributed by atoms with Crippen molar-refractivity contribution in [3.8, 4) is 11.4 Å². The number of pyridine rings is 1. The molecule has 2 aromatic carbocycles. The van der Waals surface area contributed by atoms with E-state index in [0.29, 0.717) is 83.6 Å². The monoisotopic (exact) mass is 597 g/mol. The van der Waals surface area contributed by atoms with Crippen LogP contribution in [0.4, 0.5) is 26.5 Å². The zero-order valence-electron chi connectivity index (χ0n) is 24.6. The topological polar surface area (TPSA) is 128 Å². The molecule has 13 heteroatoms. The second-order valence-corrected chi connectivity index (χ2v) is 10.9. The van der Waals surface area contributed by atoms with Crippen LogP contribution in [0.15, 0.2) is 59.8 Å². The van der Waals surface area contributed by atoms with Crippen LogP contribution in [0.25, 0.3) is 22.3 Å². The summed E-state index contributed by atoms with van der Waals surface area (Å²) in [5.41, 5.74) is 2.84. The van der Waals surface area contributed by atoms with E-state index in [1.807, 2.05) is 7.05 Å². The van der Waals surface area contributed by atoms with E-state index in [9.17, 15) is 9.59 Å². The molecule has 12 nitrogen and oxygen atoms in total. The lowest BCUT2D eigenvalue weighted by Crippen LogP contribution is -2.37. The Morgan fingerprint density at radius 1 is 1.02 bits per heavy atom. The maximum atomic E-state index is 15.4. The first-order chi connectivity index (χ1) is 21.2. The number of nitrogens with zero attached hydrogens (tertiary/aromatic N) is 7. The third-order valence-corrected chi connectivity index (χ3v) is 7.47. The Bertz CT molecular complexity index is 1720. The molecular formula is C31H32FN9O3. The molecule has 0 spiro atoms. The lowest BCUT2D eigenvalue weighted by Gasteiger charge is -2.29. The first kappa shape index (κ1) is 28.9. The largest absolute Gasteiger partial charge is 0.378 e. The molecule has 1 unspecified atom stereocenters. The Hall–Kier alpha value is -5.17. The SMILES string of the molecule is CN1CC(c2cc3nc(-c4ccc(NC(=O)Nc5ccc(C(=O)N(C)C)cc5)nc4)nc(N4CCOCC4)c3cc2F)C=N1. The van der Waals surface area contributed by atoms with E-state index < -0.39 is 6.03 Å². The van der Waals surface area contributed by atoms with Crippen LogP contribution in [-0.2, 0) is 4.74 Å². The summed E-state index contributed by atoms with van der Waals surface area (Å²) in [6, 6.07) is 12.9. The molecule has 1 saturated heterocycles. The summed E-state index contributed by atoms with van der Waals surface area (Å²) in [7, 11) is 5.21. The second-order valence-electron chi connectivity index (χ2n) is 10.9. The van der Waals surface area contributed by atoms with Gasteiger partial charge in [0, 0.05) is 86.9 Å². The van der Waals surface area contributed by atoms with Crippen molar-refractivity contribution in [3.63, 3.8) is 0 Å². The van der Waals surface area contributed by atoms with Crippen molar-refractivity contribution in [1.29, 1.82) is 0 Å². The number of hydrogen-bond acceptors (Lipinski definition) is 9. The van der Waals surface area contributed by atoms with Crippen LogP contribution in [0, 0.1) is 5.82 Å². The summed E-state index contributed by atoms with van der Waals surface area (Å²) in [5, 5.41) is 12.1. The highest BCUT2D eigenvalue weighted by atomic mass is 19.1. The number of morpholine rings is 1.